The topological polar surface area (TPSA) is 0 Å². The summed E-state index contributed by atoms with van der Waals surface area (Å²) in [6.07, 6.45) is 0. The van der Waals surface area contributed by atoms with E-state index in [9.17, 15) is 0 Å². The monoisotopic (exact) mass is 208 g/mol. The van der Waals surface area contributed by atoms with Gasteiger partial charge in [0, 0.05) is 135 Å². The zero-order valence-corrected chi connectivity index (χ0v) is 12.1. The van der Waals surface area contributed by atoms with Crippen molar-refractivity contribution in [3.63, 3.8) is 0 Å². The van der Waals surface area contributed by atoms with Gasteiger partial charge in [-0.25, -0.2) is 0 Å². The summed E-state index contributed by atoms with van der Waals surface area (Å²) in [5, 5.41) is 0. The van der Waals surface area contributed by atoms with Gasteiger partial charge in [-0.2, -0.15) is 0 Å². The molecule has 0 unspecified atom stereocenters. The maximum Gasteiger partial charge on any atom is 0 e. The van der Waals surface area contributed by atoms with Crippen LogP contribution >= 0.6 is 0 Å². The Morgan fingerprint density at radius 3 is 1.00 bits per heavy atom. The molecule has 6 radical (unpaired) electrons. The summed E-state index contributed by atoms with van der Waals surface area (Å²) in [7, 11) is 0. The Labute approximate surface area is 131 Å². The van der Waals surface area contributed by atoms with Crippen LogP contribution in [0.15, 0.2) is 0 Å². The molecule has 0 aliphatic heterocycles. The predicted octanol–water partition coefficient (Wildman–Crippen LogP) is -1.52. The van der Waals surface area contributed by atoms with Gasteiger partial charge >= 0.3 is 0 Å². The SMILES string of the molecule is [Ba].[Ca].[Li].[Na]. The second-order valence-electron chi connectivity index (χ2n) is 0. The quantitative estimate of drug-likeness (QED) is 0.423. The van der Waals surface area contributed by atoms with E-state index in [-0.39, 0.29) is 135 Å². The fourth-order valence-corrected chi connectivity index (χ4v) is 0. The van der Waals surface area contributed by atoms with Gasteiger partial charge in [-0.3, -0.25) is 0 Å². The molecule has 0 saturated carbocycles. The maximum atomic E-state index is 0. The van der Waals surface area contributed by atoms with Crippen LogP contribution in [0.1, 0.15) is 0 Å². The third-order valence-corrected chi connectivity index (χ3v) is 0. The van der Waals surface area contributed by atoms with Gasteiger partial charge < -0.3 is 0 Å². The van der Waals surface area contributed by atoms with Gasteiger partial charge in [0.25, 0.3) is 0 Å². The van der Waals surface area contributed by atoms with Crippen LogP contribution in [0.5, 0.6) is 0 Å². The summed E-state index contributed by atoms with van der Waals surface area (Å²) in [6.45, 7) is 0. The minimum absolute atomic E-state index is 0. The zero-order chi connectivity index (χ0) is 0. The standard InChI is InChI=1S/Ba.Ca.Li.Na. The molecule has 4 heavy (non-hydrogen) atoms. The molecule has 0 N–H and O–H groups in total. The first kappa shape index (κ1) is 23.7. The summed E-state index contributed by atoms with van der Waals surface area (Å²) in [5.41, 5.74) is 0. The van der Waals surface area contributed by atoms with Crippen LogP contribution in [0.2, 0.25) is 0 Å². The fraction of sp³-hybridized carbons (Fsp3) is 0. The van der Waals surface area contributed by atoms with E-state index in [4.69, 9.17) is 0 Å². The van der Waals surface area contributed by atoms with Crippen molar-refractivity contribution in [1.29, 1.82) is 0 Å². The summed E-state index contributed by atoms with van der Waals surface area (Å²) >= 11 is 0. The van der Waals surface area contributed by atoms with E-state index in [1.54, 1.807) is 0 Å². The first-order chi connectivity index (χ1) is 0. The van der Waals surface area contributed by atoms with Crippen molar-refractivity contribution in [2.24, 2.45) is 0 Å². The van der Waals surface area contributed by atoms with E-state index >= 15 is 0 Å². The molecule has 0 amide bonds. The minimum atomic E-state index is 0. The van der Waals surface area contributed by atoms with Crippen LogP contribution in [0.3, 0.4) is 0 Å². The fourth-order valence-electron chi connectivity index (χ4n) is 0. The van der Waals surface area contributed by atoms with Crippen molar-refractivity contribution in [2.45, 2.75) is 0 Å². The van der Waals surface area contributed by atoms with Crippen LogP contribution in [-0.2, 0) is 0 Å². The molecule has 0 aromatic carbocycles. The zero-order valence-electron chi connectivity index (χ0n) is 3.41. The van der Waals surface area contributed by atoms with Crippen molar-refractivity contribution in [1.82, 2.24) is 0 Å². The molecular weight excluding hydrogens is 207 g/mol. The third-order valence-electron chi connectivity index (χ3n) is 0. The molecule has 0 fully saturated rings. The Balaban J connectivity index is 0. The second-order valence-corrected chi connectivity index (χ2v) is 0. The van der Waals surface area contributed by atoms with E-state index in [0.29, 0.717) is 0 Å². The molecule has 0 aliphatic carbocycles. The average Bonchev–Trinajstić information content (AvgIpc) is 0. The molecule has 4 heteroatoms. The first-order valence-electron chi connectivity index (χ1n) is 0. The largest absolute Gasteiger partial charge is 0 e. The summed E-state index contributed by atoms with van der Waals surface area (Å²) in [4.78, 5) is 0. The Kier molecular flexibility index (Phi) is 92.8. The molecule has 0 atom stereocenters. The Morgan fingerprint density at radius 2 is 1.00 bits per heavy atom. The van der Waals surface area contributed by atoms with Crippen molar-refractivity contribution in [3.8, 4) is 0 Å². The van der Waals surface area contributed by atoms with E-state index in [0.717, 1.165) is 0 Å². The Bertz CT molecular complexity index is 8.00. The smallest absolute Gasteiger partial charge is 0 e. The molecule has 0 heterocycles. The first-order valence-corrected chi connectivity index (χ1v) is 0. The molecule has 0 aromatic rings. The van der Waals surface area contributed by atoms with Gasteiger partial charge in [0.1, 0.15) is 0 Å². The molecular formula is BaCaLiNa. The van der Waals surface area contributed by atoms with E-state index in [2.05, 4.69) is 0 Å². The average molecular weight is 207 g/mol. The predicted molar refractivity (Wildman–Crippen MR) is 23.0 cm³/mol. The van der Waals surface area contributed by atoms with Crippen molar-refractivity contribution in [3.05, 3.63) is 0 Å². The molecule has 0 aromatic heterocycles. The van der Waals surface area contributed by atoms with Gasteiger partial charge in [0.2, 0.25) is 0 Å². The van der Waals surface area contributed by atoms with Gasteiger partial charge in [0.05, 0.1) is 0 Å². The van der Waals surface area contributed by atoms with E-state index < -0.39 is 0 Å². The van der Waals surface area contributed by atoms with Crippen LogP contribution in [0.25, 0.3) is 0 Å². The number of hydrogen-bond donors (Lipinski definition) is 0. The normalized spacial score (nSPS) is 0. The van der Waals surface area contributed by atoms with Crippen LogP contribution in [0.4, 0.5) is 0 Å². The van der Waals surface area contributed by atoms with Crippen LogP contribution < -0.4 is 0 Å². The van der Waals surface area contributed by atoms with Gasteiger partial charge in [-0.05, 0) is 0 Å². The Morgan fingerprint density at radius 1 is 1.00 bits per heavy atom. The van der Waals surface area contributed by atoms with Crippen molar-refractivity contribution < 1.29 is 0 Å². The molecule has 0 aliphatic rings. The third kappa shape index (κ3) is 9.66. The van der Waals surface area contributed by atoms with Gasteiger partial charge in [-0.15, -0.1) is 0 Å². The molecule has 0 nitrogen and oxygen atoms in total. The molecule has 0 spiro atoms. The molecule has 6 valence electrons. The number of hydrogen-bond acceptors (Lipinski definition) is 0. The Hall–Kier alpha value is 4.43. The second kappa shape index (κ2) is 15.7. The maximum absolute atomic E-state index is 0. The van der Waals surface area contributed by atoms with Gasteiger partial charge in [-0.1, -0.05) is 0 Å². The summed E-state index contributed by atoms with van der Waals surface area (Å²) in [5.74, 6) is 0. The van der Waals surface area contributed by atoms with Crippen LogP contribution in [0, 0.1) is 0 Å². The van der Waals surface area contributed by atoms with E-state index in [1.165, 1.54) is 0 Å². The summed E-state index contributed by atoms with van der Waals surface area (Å²) in [6, 6.07) is 0. The summed E-state index contributed by atoms with van der Waals surface area (Å²) < 4.78 is 0. The minimum Gasteiger partial charge on any atom is 0 e. The van der Waals surface area contributed by atoms with Crippen LogP contribution in [-0.4, -0.2) is 135 Å². The van der Waals surface area contributed by atoms with Crippen molar-refractivity contribution >= 4 is 135 Å². The molecule has 0 bridgehead atoms. The molecule has 0 saturated heterocycles. The van der Waals surface area contributed by atoms with Crippen molar-refractivity contribution in [2.75, 3.05) is 0 Å². The van der Waals surface area contributed by atoms with Gasteiger partial charge in [0.15, 0.2) is 0 Å². The molecule has 0 rings (SSSR count). The number of rotatable bonds is 0. The van der Waals surface area contributed by atoms with E-state index in [1.807, 2.05) is 0 Å².